The Kier molecular flexibility index (Phi) is 4.27. The second-order valence-electron chi connectivity index (χ2n) is 5.47. The lowest BCUT2D eigenvalue weighted by Crippen LogP contribution is -1.99. The van der Waals surface area contributed by atoms with E-state index in [1.807, 2.05) is 0 Å². The van der Waals surface area contributed by atoms with Gasteiger partial charge in [0.2, 0.25) is 0 Å². The van der Waals surface area contributed by atoms with Crippen molar-refractivity contribution in [3.05, 3.63) is 80.7 Å². The second kappa shape index (κ2) is 6.55. The minimum atomic E-state index is -0.504. The molecule has 0 bridgehead atoms. The Morgan fingerprint density at radius 1 is 0.923 bits per heavy atom. The van der Waals surface area contributed by atoms with Gasteiger partial charge in [0, 0.05) is 42.9 Å². The average Bonchev–Trinajstić information content (AvgIpc) is 3.07. The molecule has 0 radical (unpaired) electrons. The summed E-state index contributed by atoms with van der Waals surface area (Å²) in [5.74, 6) is -0.265. The van der Waals surface area contributed by atoms with E-state index < -0.39 is 9.85 Å². The average molecular weight is 352 g/mol. The molecule has 9 heteroatoms. The van der Waals surface area contributed by atoms with Gasteiger partial charge in [-0.2, -0.15) is 5.10 Å². The summed E-state index contributed by atoms with van der Waals surface area (Å²) in [7, 11) is 0. The number of nitro benzene ring substituents is 2. The first-order chi connectivity index (χ1) is 12.4. The number of hydrogen-bond acceptors (Lipinski definition) is 6. The molecular formula is C17H12N4O5. The molecular weight excluding hydrogens is 340 g/mol. The summed E-state index contributed by atoms with van der Waals surface area (Å²) >= 11 is 0. The van der Waals surface area contributed by atoms with Crippen molar-refractivity contribution < 1.29 is 14.6 Å². The van der Waals surface area contributed by atoms with Crippen LogP contribution in [0.2, 0.25) is 0 Å². The van der Waals surface area contributed by atoms with Crippen molar-refractivity contribution in [3.63, 3.8) is 0 Å². The Morgan fingerprint density at radius 3 is 1.88 bits per heavy atom. The van der Waals surface area contributed by atoms with E-state index in [1.54, 1.807) is 18.3 Å². The molecule has 0 saturated heterocycles. The molecule has 1 aromatic heterocycles. The first-order valence-electron chi connectivity index (χ1n) is 7.47. The number of nitrogens with zero attached hydrogens (tertiary/aromatic N) is 4. The molecule has 2 aromatic carbocycles. The summed E-state index contributed by atoms with van der Waals surface area (Å²) in [6, 6.07) is 11.5. The summed E-state index contributed by atoms with van der Waals surface area (Å²) in [5.41, 5.74) is 1.77. The van der Waals surface area contributed by atoms with E-state index in [2.05, 4.69) is 5.10 Å². The number of carbonyl (C=O) groups is 1. The molecule has 0 fully saturated rings. The predicted octanol–water partition coefficient (Wildman–Crippen LogP) is 3.56. The summed E-state index contributed by atoms with van der Waals surface area (Å²) in [4.78, 5) is 32.4. The van der Waals surface area contributed by atoms with Crippen LogP contribution in [-0.4, -0.2) is 25.4 Å². The van der Waals surface area contributed by atoms with E-state index in [-0.39, 0.29) is 22.9 Å². The molecule has 0 saturated carbocycles. The molecule has 3 rings (SSSR count). The first-order valence-corrected chi connectivity index (χ1v) is 7.47. The highest BCUT2D eigenvalue weighted by Gasteiger charge is 2.17. The van der Waals surface area contributed by atoms with E-state index in [0.29, 0.717) is 16.8 Å². The Balaban J connectivity index is 2.05. The molecule has 0 atom stereocenters. The molecule has 130 valence electrons. The highest BCUT2D eigenvalue weighted by atomic mass is 16.6. The zero-order valence-corrected chi connectivity index (χ0v) is 13.5. The lowest BCUT2D eigenvalue weighted by atomic mass is 10.0. The minimum Gasteiger partial charge on any atom is -0.293 e. The van der Waals surface area contributed by atoms with Crippen molar-refractivity contribution >= 4 is 17.2 Å². The van der Waals surface area contributed by atoms with Gasteiger partial charge < -0.3 is 0 Å². The smallest absolute Gasteiger partial charge is 0.269 e. The molecule has 0 aliphatic carbocycles. The van der Waals surface area contributed by atoms with Crippen molar-refractivity contribution in [3.8, 4) is 16.8 Å². The van der Waals surface area contributed by atoms with E-state index in [1.165, 1.54) is 48.0 Å². The Morgan fingerprint density at radius 2 is 1.42 bits per heavy atom. The molecule has 0 aliphatic heterocycles. The number of aromatic nitrogens is 2. The van der Waals surface area contributed by atoms with Crippen molar-refractivity contribution in [2.45, 2.75) is 6.92 Å². The second-order valence-corrected chi connectivity index (χ2v) is 5.47. The maximum Gasteiger partial charge on any atom is 0.269 e. The predicted molar refractivity (Wildman–Crippen MR) is 92.3 cm³/mol. The van der Waals surface area contributed by atoms with Crippen LogP contribution in [0.25, 0.3) is 16.8 Å². The number of rotatable bonds is 5. The van der Waals surface area contributed by atoms with E-state index in [4.69, 9.17) is 0 Å². The van der Waals surface area contributed by atoms with Crippen LogP contribution in [0.15, 0.2) is 54.7 Å². The summed E-state index contributed by atoms with van der Waals surface area (Å²) < 4.78 is 1.44. The highest BCUT2D eigenvalue weighted by Crippen LogP contribution is 2.27. The maximum absolute atomic E-state index is 11.9. The zero-order valence-electron chi connectivity index (χ0n) is 13.5. The quantitative estimate of drug-likeness (QED) is 0.393. The van der Waals surface area contributed by atoms with Gasteiger partial charge in [-0.1, -0.05) is 0 Å². The lowest BCUT2D eigenvalue weighted by molar-refractivity contribution is -0.385. The number of carbonyl (C=O) groups excluding carboxylic acids is 1. The molecule has 0 aliphatic rings. The van der Waals surface area contributed by atoms with E-state index in [0.717, 1.165) is 0 Å². The summed E-state index contributed by atoms with van der Waals surface area (Å²) in [6.07, 6.45) is 1.61. The fraction of sp³-hybridized carbons (Fsp3) is 0.0588. The number of non-ortho nitro benzene ring substituents is 2. The Hall–Kier alpha value is -3.88. The first kappa shape index (κ1) is 17.0. The third-order valence-corrected chi connectivity index (χ3v) is 3.76. The zero-order chi connectivity index (χ0) is 18.8. The number of Topliss-reactive ketones (excluding diaryl/α,β-unsaturated/α-hetero) is 1. The van der Waals surface area contributed by atoms with Gasteiger partial charge >= 0.3 is 0 Å². The monoisotopic (exact) mass is 352 g/mol. The van der Waals surface area contributed by atoms with Crippen LogP contribution in [0.4, 0.5) is 11.4 Å². The lowest BCUT2D eigenvalue weighted by Gasteiger charge is -2.00. The molecule has 0 amide bonds. The van der Waals surface area contributed by atoms with Gasteiger partial charge in [0.15, 0.2) is 5.78 Å². The molecule has 3 aromatic rings. The molecule has 0 N–H and O–H groups in total. The standard InChI is InChI=1S/C17H12N4O5/c1-11(22)17-16(12-2-4-14(5-3-12)20(23)24)10-19(18-17)13-6-8-15(9-7-13)21(25)26/h2-10H,1H3. The third kappa shape index (κ3) is 3.18. The fourth-order valence-electron chi connectivity index (χ4n) is 2.47. The number of hydrogen-bond donors (Lipinski definition) is 0. The van der Waals surface area contributed by atoms with Gasteiger partial charge in [0.1, 0.15) is 5.69 Å². The van der Waals surface area contributed by atoms with Crippen LogP contribution in [0.1, 0.15) is 17.4 Å². The largest absolute Gasteiger partial charge is 0.293 e. The van der Waals surface area contributed by atoms with Crippen LogP contribution in [0.5, 0.6) is 0 Å². The van der Waals surface area contributed by atoms with Crippen LogP contribution in [-0.2, 0) is 0 Å². The number of nitro groups is 2. The Bertz CT molecular complexity index is 1010. The van der Waals surface area contributed by atoms with Crippen LogP contribution < -0.4 is 0 Å². The summed E-state index contributed by atoms with van der Waals surface area (Å²) in [6.45, 7) is 1.37. The maximum atomic E-state index is 11.9. The number of benzene rings is 2. The van der Waals surface area contributed by atoms with Gasteiger partial charge in [0.05, 0.1) is 15.5 Å². The van der Waals surface area contributed by atoms with Crippen LogP contribution in [0, 0.1) is 20.2 Å². The van der Waals surface area contributed by atoms with Gasteiger partial charge in [-0.15, -0.1) is 0 Å². The van der Waals surface area contributed by atoms with Crippen LogP contribution >= 0.6 is 0 Å². The Labute approximate surface area is 146 Å². The van der Waals surface area contributed by atoms with Gasteiger partial charge in [0.25, 0.3) is 11.4 Å². The van der Waals surface area contributed by atoms with Crippen LogP contribution in [0.3, 0.4) is 0 Å². The molecule has 0 spiro atoms. The van der Waals surface area contributed by atoms with Crippen molar-refractivity contribution in [2.75, 3.05) is 0 Å². The summed E-state index contributed by atoms with van der Waals surface area (Å²) in [5, 5.41) is 25.8. The highest BCUT2D eigenvalue weighted by molar-refractivity contribution is 5.99. The van der Waals surface area contributed by atoms with E-state index in [9.17, 15) is 25.0 Å². The van der Waals surface area contributed by atoms with Crippen molar-refractivity contribution in [2.24, 2.45) is 0 Å². The minimum absolute atomic E-state index is 0.0525. The van der Waals surface area contributed by atoms with Gasteiger partial charge in [-0.3, -0.25) is 25.0 Å². The topological polar surface area (TPSA) is 121 Å². The SMILES string of the molecule is CC(=O)c1nn(-c2ccc([N+](=O)[O-])cc2)cc1-c1ccc([N+](=O)[O-])cc1. The molecule has 0 unspecified atom stereocenters. The third-order valence-electron chi connectivity index (χ3n) is 3.76. The van der Waals surface area contributed by atoms with E-state index >= 15 is 0 Å². The molecule has 26 heavy (non-hydrogen) atoms. The van der Waals surface area contributed by atoms with Crippen molar-refractivity contribution in [1.82, 2.24) is 9.78 Å². The molecule has 1 heterocycles. The normalized spacial score (nSPS) is 10.5. The number of ketones is 1. The van der Waals surface area contributed by atoms with Gasteiger partial charge in [-0.05, 0) is 29.8 Å². The van der Waals surface area contributed by atoms with Gasteiger partial charge in [-0.25, -0.2) is 4.68 Å². The van der Waals surface area contributed by atoms with Crippen molar-refractivity contribution in [1.29, 1.82) is 0 Å². The molecule has 9 nitrogen and oxygen atoms in total. The fourth-order valence-corrected chi connectivity index (χ4v) is 2.47.